The molecule has 3 heterocycles. The third-order valence-corrected chi connectivity index (χ3v) is 11.4. The molecule has 3 unspecified atom stereocenters. The summed E-state index contributed by atoms with van der Waals surface area (Å²) in [6, 6.07) is 26.9. The van der Waals surface area contributed by atoms with Crippen LogP contribution in [0.2, 0.25) is 0 Å². The molecule has 6 rings (SSSR count). The quantitative estimate of drug-likeness (QED) is 0.283. The lowest BCUT2D eigenvalue weighted by Gasteiger charge is -2.42. The minimum Gasteiger partial charge on any atom is -0.463 e. The van der Waals surface area contributed by atoms with Gasteiger partial charge >= 0.3 is 14.5 Å². The Hall–Kier alpha value is -3.63. The minimum absolute atomic E-state index is 0.0160. The van der Waals surface area contributed by atoms with Crippen LogP contribution in [-0.4, -0.2) is 75.1 Å². The number of amides is 2. The molecule has 2 amide bonds. The third kappa shape index (κ3) is 4.41. The Morgan fingerprint density at radius 2 is 1.31 bits per heavy atom. The number of likely N-dealkylation sites (N-methyl/N-ethyl adjacent to an activating group) is 1. The van der Waals surface area contributed by atoms with Crippen molar-refractivity contribution in [1.29, 1.82) is 0 Å². The van der Waals surface area contributed by atoms with Crippen LogP contribution in [0.3, 0.4) is 0 Å². The maximum absolute atomic E-state index is 14.0. The van der Waals surface area contributed by atoms with Gasteiger partial charge in [-0.15, -0.1) is 0 Å². The molecule has 3 aliphatic heterocycles. The average molecular weight is 543 g/mol. The summed E-state index contributed by atoms with van der Waals surface area (Å²) in [5.74, 6) is -1.92. The molecular weight excluding hydrogens is 512 g/mol. The van der Waals surface area contributed by atoms with Crippen molar-refractivity contribution < 1.29 is 28.0 Å². The summed E-state index contributed by atoms with van der Waals surface area (Å²) in [6.07, 6.45) is 0.247. The number of benzene rings is 3. The molecule has 0 N–H and O–H groups in total. The van der Waals surface area contributed by atoms with E-state index in [0.29, 0.717) is 0 Å². The fraction of sp³-hybridized carbons (Fsp3) is 0.300. The first-order valence-corrected chi connectivity index (χ1v) is 15.0. The zero-order chi connectivity index (χ0) is 27.0. The van der Waals surface area contributed by atoms with E-state index >= 15 is 0 Å². The van der Waals surface area contributed by atoms with E-state index in [4.69, 9.17) is 13.6 Å². The van der Waals surface area contributed by atoms with Gasteiger partial charge in [0.15, 0.2) is 0 Å². The number of hydrogen-bond donors (Lipinski definition) is 0. The Morgan fingerprint density at radius 1 is 0.718 bits per heavy atom. The van der Waals surface area contributed by atoms with Gasteiger partial charge in [0.25, 0.3) is 0 Å². The first-order chi connectivity index (χ1) is 19.0. The molecule has 0 aliphatic carbocycles. The summed E-state index contributed by atoms with van der Waals surface area (Å²) in [4.78, 5) is 44.1. The molecule has 0 spiro atoms. The van der Waals surface area contributed by atoms with Gasteiger partial charge in [0.05, 0.1) is 31.2 Å². The van der Waals surface area contributed by atoms with Crippen molar-refractivity contribution in [1.82, 2.24) is 9.80 Å². The Labute approximate surface area is 228 Å². The molecule has 8 nitrogen and oxygen atoms in total. The molecule has 0 aromatic heterocycles. The van der Waals surface area contributed by atoms with Crippen LogP contribution < -0.4 is 10.4 Å². The van der Waals surface area contributed by atoms with Gasteiger partial charge in [-0.1, -0.05) is 91.0 Å². The summed E-state index contributed by atoms with van der Waals surface area (Å²) in [5, 5.41) is 1.75. The van der Waals surface area contributed by atoms with Crippen molar-refractivity contribution >= 4 is 36.7 Å². The van der Waals surface area contributed by atoms with Gasteiger partial charge in [-0.05, 0) is 29.4 Å². The molecule has 3 aliphatic rings. The van der Waals surface area contributed by atoms with Crippen molar-refractivity contribution in [3.63, 3.8) is 0 Å². The highest BCUT2D eigenvalue weighted by Crippen LogP contribution is 2.39. The number of carbonyl (C=O) groups is 3. The molecule has 0 saturated carbocycles. The molecular formula is C30H30N2O6Si. The largest absolute Gasteiger partial charge is 0.463 e. The minimum atomic E-state index is -3.38. The van der Waals surface area contributed by atoms with E-state index < -0.39 is 44.5 Å². The number of carbonyl (C=O) groups excluding carboxylic acids is 3. The van der Waals surface area contributed by atoms with Crippen LogP contribution >= 0.6 is 0 Å². The Balaban J connectivity index is 1.49. The topological polar surface area (TPSA) is 85.4 Å². The molecule has 0 radical (unpaired) electrons. The number of piperazine rings is 1. The number of esters is 1. The molecule has 3 aromatic carbocycles. The van der Waals surface area contributed by atoms with Crippen LogP contribution in [0, 0.1) is 5.92 Å². The van der Waals surface area contributed by atoms with Gasteiger partial charge in [-0.25, -0.2) is 0 Å². The smallest absolute Gasteiger partial charge is 0.407 e. The zero-order valence-electron chi connectivity index (χ0n) is 21.6. The van der Waals surface area contributed by atoms with Crippen LogP contribution in [0.25, 0.3) is 0 Å². The van der Waals surface area contributed by atoms with Gasteiger partial charge in [-0.2, -0.15) is 0 Å². The summed E-state index contributed by atoms with van der Waals surface area (Å²) in [6.45, 7) is 0.188. The molecule has 200 valence electrons. The van der Waals surface area contributed by atoms with Crippen LogP contribution in [0.1, 0.15) is 18.0 Å². The number of cyclic esters (lactones) is 1. The summed E-state index contributed by atoms with van der Waals surface area (Å²) >= 11 is 0. The van der Waals surface area contributed by atoms with E-state index in [-0.39, 0.29) is 32.1 Å². The monoisotopic (exact) mass is 542 g/mol. The van der Waals surface area contributed by atoms with Crippen molar-refractivity contribution in [2.45, 2.75) is 24.5 Å². The molecule has 3 saturated heterocycles. The van der Waals surface area contributed by atoms with E-state index in [1.165, 1.54) is 4.90 Å². The highest BCUT2D eigenvalue weighted by molar-refractivity contribution is 6.92. The second-order valence-corrected chi connectivity index (χ2v) is 13.1. The first-order valence-electron chi connectivity index (χ1n) is 13.2. The Bertz CT molecular complexity index is 1320. The second-order valence-electron chi connectivity index (χ2n) is 10.1. The predicted octanol–water partition coefficient (Wildman–Crippen LogP) is 1.63. The predicted molar refractivity (Wildman–Crippen MR) is 145 cm³/mol. The van der Waals surface area contributed by atoms with Crippen LogP contribution in [0.5, 0.6) is 0 Å². The lowest BCUT2D eigenvalue weighted by molar-refractivity contribution is -0.163. The van der Waals surface area contributed by atoms with Gasteiger partial charge in [0, 0.05) is 0 Å². The van der Waals surface area contributed by atoms with Gasteiger partial charge in [-0.3, -0.25) is 24.2 Å². The Morgan fingerprint density at radius 3 is 1.92 bits per heavy atom. The lowest BCUT2D eigenvalue weighted by Crippen LogP contribution is -2.65. The maximum Gasteiger partial charge on any atom is 0.407 e. The van der Waals surface area contributed by atoms with Crippen molar-refractivity contribution in [3.05, 3.63) is 96.6 Å². The molecule has 9 heteroatoms. The number of rotatable bonds is 3. The normalized spacial score (nSPS) is 27.4. The van der Waals surface area contributed by atoms with Crippen LogP contribution in [0.4, 0.5) is 0 Å². The standard InChI is InChI=1S/C30H30N2O6Si/c1-31-25-19-24-27(31)29(34)32(28(25)33)26(21-11-5-2-6-12-21)20-38-39(22-13-7-3-8-14-22,23-15-9-4-10-16-23)37-18-17-36-30(24)35/h2-16,24-27H,17-20H2,1H3/t24?,25?,26-,27?/m0/s1. The molecule has 4 atom stereocenters. The highest BCUT2D eigenvalue weighted by Gasteiger charge is 2.59. The van der Waals surface area contributed by atoms with E-state index in [2.05, 4.69) is 0 Å². The van der Waals surface area contributed by atoms with Crippen molar-refractivity contribution in [3.8, 4) is 0 Å². The van der Waals surface area contributed by atoms with Crippen molar-refractivity contribution in [2.24, 2.45) is 5.92 Å². The SMILES string of the molecule is CN1C2CC3C(=O)OCCO[Si](c4ccccc4)(c4ccccc4)OC[C@@H](c4ccccc4)N(C2=O)C(=O)C31. The first kappa shape index (κ1) is 25.6. The van der Waals surface area contributed by atoms with Crippen molar-refractivity contribution in [2.75, 3.05) is 26.9 Å². The van der Waals surface area contributed by atoms with Gasteiger partial charge < -0.3 is 13.6 Å². The van der Waals surface area contributed by atoms with Gasteiger partial charge in [0.2, 0.25) is 11.8 Å². The van der Waals surface area contributed by atoms with Crippen LogP contribution in [-0.2, 0) is 28.0 Å². The summed E-state index contributed by atoms with van der Waals surface area (Å²) in [5.41, 5.74) is 0.779. The summed E-state index contributed by atoms with van der Waals surface area (Å²) < 4.78 is 19.2. The third-order valence-electron chi connectivity index (χ3n) is 7.99. The summed E-state index contributed by atoms with van der Waals surface area (Å²) in [7, 11) is -1.65. The lowest BCUT2D eigenvalue weighted by atomic mass is 9.98. The highest BCUT2D eigenvalue weighted by atomic mass is 28.4. The fourth-order valence-corrected chi connectivity index (χ4v) is 9.17. The molecule has 39 heavy (non-hydrogen) atoms. The number of ether oxygens (including phenoxy) is 1. The molecule has 3 aromatic rings. The fourth-order valence-electron chi connectivity index (χ4n) is 6.06. The Kier molecular flexibility index (Phi) is 6.90. The van der Waals surface area contributed by atoms with Crippen LogP contribution in [0.15, 0.2) is 91.0 Å². The second kappa shape index (κ2) is 10.5. The van der Waals surface area contributed by atoms with E-state index in [1.54, 1.807) is 11.9 Å². The van der Waals surface area contributed by atoms with E-state index in [0.717, 1.165) is 15.9 Å². The van der Waals surface area contributed by atoms with Gasteiger partial charge in [0.1, 0.15) is 12.6 Å². The average Bonchev–Trinajstić information content (AvgIpc) is 3.28. The molecule has 3 bridgehead atoms. The van der Waals surface area contributed by atoms with E-state index in [9.17, 15) is 14.4 Å². The number of imide groups is 1. The number of fused-ring (bicyclic) bond motifs is 2. The maximum atomic E-state index is 14.0. The zero-order valence-corrected chi connectivity index (χ0v) is 22.6. The number of nitrogens with zero attached hydrogens (tertiary/aromatic N) is 2. The van der Waals surface area contributed by atoms with E-state index in [1.807, 2.05) is 91.0 Å². The molecule has 3 fully saturated rings. The number of hydrogen-bond acceptors (Lipinski definition) is 7.